The highest BCUT2D eigenvalue weighted by molar-refractivity contribution is 6.86. The molecule has 3 heteroatoms. The molecule has 0 spiro atoms. The zero-order valence-corrected chi connectivity index (χ0v) is 10.9. The Bertz CT molecular complexity index is 287. The van der Waals surface area contributed by atoms with Crippen molar-refractivity contribution in [1.29, 1.82) is 0 Å². The van der Waals surface area contributed by atoms with E-state index in [1.54, 1.807) is 0 Å². The lowest BCUT2D eigenvalue weighted by molar-refractivity contribution is 0.315. The third-order valence-electron chi connectivity index (χ3n) is 3.36. The molecule has 1 aromatic carbocycles. The first-order valence-corrected chi connectivity index (χ1v) is 8.11. The molecular weight excluding hydrogens is 202 g/mol. The van der Waals surface area contributed by atoms with Crippen LogP contribution in [0.5, 0.6) is 0 Å². The zero-order chi connectivity index (χ0) is 11.3. The number of rotatable bonds is 5. The molecule has 0 aromatic heterocycles. The fourth-order valence-corrected chi connectivity index (χ4v) is 5.45. The Kier molecular flexibility index (Phi) is 4.51. The summed E-state index contributed by atoms with van der Waals surface area (Å²) in [4.78, 5) is 0. The van der Waals surface area contributed by atoms with Crippen LogP contribution in [0.25, 0.3) is 0 Å². The summed E-state index contributed by atoms with van der Waals surface area (Å²) in [5.74, 6) is 5.55. The summed E-state index contributed by atoms with van der Waals surface area (Å²) in [7, 11) is -1.95. The van der Waals surface area contributed by atoms with E-state index in [-0.39, 0.29) is 0 Å². The summed E-state index contributed by atoms with van der Waals surface area (Å²) in [5, 5.41) is 1.29. The molecule has 2 nitrogen and oxygen atoms in total. The van der Waals surface area contributed by atoms with Gasteiger partial charge in [-0.05, 0) is 17.3 Å². The molecule has 0 aliphatic heterocycles. The average Bonchev–Trinajstić information content (AvgIpc) is 2.31. The van der Waals surface area contributed by atoms with Crippen LogP contribution in [0.15, 0.2) is 30.3 Å². The van der Waals surface area contributed by atoms with Gasteiger partial charge in [0, 0.05) is 0 Å². The molecule has 1 atom stereocenters. The Labute approximate surface area is 93.5 Å². The highest BCUT2D eigenvalue weighted by atomic mass is 28.4. The highest BCUT2D eigenvalue weighted by Gasteiger charge is 2.38. The lowest BCUT2D eigenvalue weighted by Crippen LogP contribution is -2.53. The lowest BCUT2D eigenvalue weighted by Gasteiger charge is -2.32. The van der Waals surface area contributed by atoms with Crippen LogP contribution in [0.4, 0.5) is 0 Å². The van der Waals surface area contributed by atoms with Crippen molar-refractivity contribution in [2.75, 3.05) is 0 Å². The van der Waals surface area contributed by atoms with E-state index in [2.05, 4.69) is 44.7 Å². The van der Waals surface area contributed by atoms with Crippen LogP contribution < -0.4 is 11.1 Å². The van der Waals surface area contributed by atoms with Gasteiger partial charge in [-0.15, -0.1) is 0 Å². The second-order valence-corrected chi connectivity index (χ2v) is 7.95. The maximum absolute atomic E-state index is 5.55. The summed E-state index contributed by atoms with van der Waals surface area (Å²) in [6, 6.07) is 10.4. The van der Waals surface area contributed by atoms with Crippen molar-refractivity contribution < 1.29 is 4.53 Å². The summed E-state index contributed by atoms with van der Waals surface area (Å²) >= 11 is 0. The van der Waals surface area contributed by atoms with Gasteiger partial charge < -0.3 is 4.53 Å². The molecule has 0 amide bonds. The van der Waals surface area contributed by atoms with Gasteiger partial charge in [0.15, 0.2) is 0 Å². The van der Waals surface area contributed by atoms with E-state index in [9.17, 15) is 0 Å². The topological polar surface area (TPSA) is 35.2 Å². The molecule has 0 aliphatic rings. The van der Waals surface area contributed by atoms with Crippen LogP contribution in [0.3, 0.4) is 0 Å². The zero-order valence-electron chi connectivity index (χ0n) is 9.86. The van der Waals surface area contributed by atoms with E-state index >= 15 is 0 Å². The van der Waals surface area contributed by atoms with Crippen LogP contribution in [0.2, 0.25) is 12.1 Å². The Morgan fingerprint density at radius 1 is 1.20 bits per heavy atom. The van der Waals surface area contributed by atoms with Gasteiger partial charge in [0.1, 0.15) is 0 Å². The second kappa shape index (κ2) is 5.44. The minimum Gasteiger partial charge on any atom is -0.342 e. The Morgan fingerprint density at radius 3 is 2.13 bits per heavy atom. The molecule has 1 unspecified atom stereocenters. The second-order valence-electron chi connectivity index (χ2n) is 4.10. The van der Waals surface area contributed by atoms with E-state index in [4.69, 9.17) is 10.4 Å². The SMILES string of the molecule is CCC(CC)[Si](C)(ON)c1ccccc1. The van der Waals surface area contributed by atoms with E-state index in [0.717, 1.165) is 12.8 Å². The lowest BCUT2D eigenvalue weighted by atomic mass is 10.3. The third kappa shape index (κ3) is 2.48. The van der Waals surface area contributed by atoms with E-state index in [1.165, 1.54) is 5.19 Å². The molecule has 0 heterocycles. The van der Waals surface area contributed by atoms with Crippen molar-refractivity contribution in [3.05, 3.63) is 30.3 Å². The fraction of sp³-hybridized carbons (Fsp3) is 0.500. The molecule has 0 saturated heterocycles. The van der Waals surface area contributed by atoms with Crippen molar-refractivity contribution >= 4 is 13.5 Å². The molecule has 1 aromatic rings. The van der Waals surface area contributed by atoms with Crippen LogP contribution >= 0.6 is 0 Å². The smallest absolute Gasteiger partial charge is 0.250 e. The Morgan fingerprint density at radius 2 is 1.73 bits per heavy atom. The largest absolute Gasteiger partial charge is 0.342 e. The molecule has 0 radical (unpaired) electrons. The first-order valence-electron chi connectivity index (χ1n) is 5.62. The number of hydrogen-bond acceptors (Lipinski definition) is 2. The first kappa shape index (κ1) is 12.4. The van der Waals surface area contributed by atoms with Gasteiger partial charge in [0.05, 0.1) is 0 Å². The van der Waals surface area contributed by atoms with Crippen molar-refractivity contribution in [1.82, 2.24) is 0 Å². The first-order chi connectivity index (χ1) is 7.19. The molecule has 84 valence electrons. The molecule has 15 heavy (non-hydrogen) atoms. The summed E-state index contributed by atoms with van der Waals surface area (Å²) in [6.45, 7) is 6.63. The summed E-state index contributed by atoms with van der Waals surface area (Å²) < 4.78 is 5.41. The van der Waals surface area contributed by atoms with Crippen LogP contribution in [0, 0.1) is 0 Å². The predicted molar refractivity (Wildman–Crippen MR) is 67.3 cm³/mol. The van der Waals surface area contributed by atoms with E-state index in [0.29, 0.717) is 5.54 Å². The third-order valence-corrected chi connectivity index (χ3v) is 7.70. The maximum atomic E-state index is 5.55. The minimum absolute atomic E-state index is 0.588. The molecule has 0 aliphatic carbocycles. The van der Waals surface area contributed by atoms with Gasteiger partial charge in [0.25, 0.3) is 8.32 Å². The quantitative estimate of drug-likeness (QED) is 0.615. The minimum atomic E-state index is -1.95. The van der Waals surface area contributed by atoms with E-state index < -0.39 is 8.32 Å². The standard InChI is InChI=1S/C12H21NOSi/c1-4-11(5-2)15(3,14-13)12-9-7-6-8-10-12/h6-11H,4-5,13H2,1-3H3. The van der Waals surface area contributed by atoms with Gasteiger partial charge in [-0.1, -0.05) is 57.0 Å². The molecule has 0 fully saturated rings. The van der Waals surface area contributed by atoms with Gasteiger partial charge in [-0.2, -0.15) is 0 Å². The van der Waals surface area contributed by atoms with E-state index in [1.807, 2.05) is 6.07 Å². The van der Waals surface area contributed by atoms with Crippen molar-refractivity contribution in [3.63, 3.8) is 0 Å². The normalized spacial score (nSPS) is 15.3. The summed E-state index contributed by atoms with van der Waals surface area (Å²) in [5.41, 5.74) is 0.588. The molecule has 1 rings (SSSR count). The van der Waals surface area contributed by atoms with Gasteiger partial charge in [-0.3, -0.25) is 0 Å². The molecule has 0 bridgehead atoms. The molecule has 0 saturated carbocycles. The van der Waals surface area contributed by atoms with Crippen molar-refractivity contribution in [2.45, 2.75) is 38.8 Å². The molecule has 2 N–H and O–H groups in total. The predicted octanol–water partition coefficient (Wildman–Crippen LogP) is 2.55. The number of benzene rings is 1. The number of nitrogens with two attached hydrogens (primary N) is 1. The maximum Gasteiger partial charge on any atom is 0.250 e. The summed E-state index contributed by atoms with van der Waals surface area (Å²) in [6.07, 6.45) is 2.26. The average molecular weight is 223 g/mol. The molecular formula is C12H21NOSi. The van der Waals surface area contributed by atoms with Crippen molar-refractivity contribution in [3.8, 4) is 0 Å². The van der Waals surface area contributed by atoms with Gasteiger partial charge >= 0.3 is 0 Å². The van der Waals surface area contributed by atoms with Gasteiger partial charge in [0.2, 0.25) is 0 Å². The Balaban J connectivity index is 3.04. The van der Waals surface area contributed by atoms with Crippen LogP contribution in [-0.4, -0.2) is 8.32 Å². The fourth-order valence-electron chi connectivity index (χ4n) is 2.24. The van der Waals surface area contributed by atoms with Crippen molar-refractivity contribution in [2.24, 2.45) is 5.90 Å². The number of hydrogen-bond donors (Lipinski definition) is 1. The van der Waals surface area contributed by atoms with Crippen LogP contribution in [0.1, 0.15) is 26.7 Å². The van der Waals surface area contributed by atoms with Gasteiger partial charge in [-0.25, -0.2) is 5.90 Å². The highest BCUT2D eigenvalue weighted by Crippen LogP contribution is 2.28. The van der Waals surface area contributed by atoms with Crippen LogP contribution in [-0.2, 0) is 4.53 Å². The Hall–Kier alpha value is -0.643. The monoisotopic (exact) mass is 223 g/mol.